The molecule has 0 aliphatic carbocycles. The van der Waals surface area contributed by atoms with E-state index < -0.39 is 16.1 Å². The number of hydrogen-bond donors (Lipinski definition) is 0. The van der Waals surface area contributed by atoms with E-state index in [9.17, 15) is 23.3 Å². The van der Waals surface area contributed by atoms with Crippen molar-refractivity contribution in [2.75, 3.05) is 37.3 Å². The number of carbonyl (C=O) groups is 2. The SMILES string of the molecule is CS(=O)(=O)N1CCCC1C(=O)N1CCN(c2ccccc2C#N)C(=O)C1. The zero-order chi connectivity index (χ0) is 18.9. The molecule has 1 atom stereocenters. The molecule has 138 valence electrons. The van der Waals surface area contributed by atoms with Crippen molar-refractivity contribution in [3.63, 3.8) is 0 Å². The first-order chi connectivity index (χ1) is 12.3. The van der Waals surface area contributed by atoms with Gasteiger partial charge in [-0.1, -0.05) is 12.1 Å². The van der Waals surface area contributed by atoms with Gasteiger partial charge in [-0.25, -0.2) is 8.42 Å². The summed E-state index contributed by atoms with van der Waals surface area (Å²) in [5.74, 6) is -0.606. The van der Waals surface area contributed by atoms with Crippen LogP contribution in [0, 0.1) is 11.3 Å². The number of para-hydroxylation sites is 1. The Morgan fingerprint density at radius 2 is 1.96 bits per heavy atom. The summed E-state index contributed by atoms with van der Waals surface area (Å²) in [6.45, 7) is 0.790. The molecule has 0 radical (unpaired) electrons. The Balaban J connectivity index is 1.74. The van der Waals surface area contributed by atoms with Crippen LogP contribution in [0.5, 0.6) is 0 Å². The number of amides is 2. The molecule has 0 N–H and O–H groups in total. The summed E-state index contributed by atoms with van der Waals surface area (Å²) in [5, 5.41) is 9.21. The lowest BCUT2D eigenvalue weighted by Gasteiger charge is -2.36. The number of hydrogen-bond acceptors (Lipinski definition) is 5. The van der Waals surface area contributed by atoms with Gasteiger partial charge in [0, 0.05) is 19.6 Å². The predicted octanol–water partition coefficient (Wildman–Crippen LogP) is 0.157. The molecule has 1 unspecified atom stereocenters. The topological polar surface area (TPSA) is 102 Å². The Morgan fingerprint density at radius 1 is 1.23 bits per heavy atom. The third kappa shape index (κ3) is 3.43. The van der Waals surface area contributed by atoms with E-state index in [4.69, 9.17) is 0 Å². The summed E-state index contributed by atoms with van der Waals surface area (Å²) < 4.78 is 24.9. The summed E-state index contributed by atoms with van der Waals surface area (Å²) in [7, 11) is -3.46. The van der Waals surface area contributed by atoms with Crippen LogP contribution in [0.25, 0.3) is 0 Å². The van der Waals surface area contributed by atoms with Gasteiger partial charge in [-0.05, 0) is 25.0 Å². The normalized spacial score (nSPS) is 21.7. The third-order valence-corrected chi connectivity index (χ3v) is 6.05. The maximum Gasteiger partial charge on any atom is 0.246 e. The van der Waals surface area contributed by atoms with E-state index in [0.29, 0.717) is 37.2 Å². The van der Waals surface area contributed by atoms with Crippen molar-refractivity contribution in [1.82, 2.24) is 9.21 Å². The third-order valence-electron chi connectivity index (χ3n) is 4.76. The van der Waals surface area contributed by atoms with Crippen molar-refractivity contribution in [3.8, 4) is 6.07 Å². The van der Waals surface area contributed by atoms with Crippen molar-refractivity contribution in [2.24, 2.45) is 0 Å². The Labute approximate surface area is 152 Å². The van der Waals surface area contributed by atoms with Gasteiger partial charge in [0.1, 0.15) is 18.7 Å². The average Bonchev–Trinajstić information content (AvgIpc) is 3.11. The molecule has 0 saturated carbocycles. The van der Waals surface area contributed by atoms with Crippen LogP contribution in [0.15, 0.2) is 24.3 Å². The average molecular weight is 376 g/mol. The highest BCUT2D eigenvalue weighted by Gasteiger charge is 2.40. The van der Waals surface area contributed by atoms with Crippen LogP contribution in [0.1, 0.15) is 18.4 Å². The number of rotatable bonds is 3. The zero-order valence-electron chi connectivity index (χ0n) is 14.5. The second-order valence-electron chi connectivity index (χ2n) is 6.47. The lowest BCUT2D eigenvalue weighted by molar-refractivity contribution is -0.139. The number of piperazine rings is 1. The van der Waals surface area contributed by atoms with Crippen LogP contribution in [0.3, 0.4) is 0 Å². The van der Waals surface area contributed by atoms with Crippen molar-refractivity contribution in [3.05, 3.63) is 29.8 Å². The molecule has 2 amide bonds. The molecule has 0 bridgehead atoms. The maximum absolute atomic E-state index is 12.8. The quantitative estimate of drug-likeness (QED) is 0.748. The minimum atomic E-state index is -3.46. The van der Waals surface area contributed by atoms with Gasteiger partial charge in [0.25, 0.3) is 0 Å². The zero-order valence-corrected chi connectivity index (χ0v) is 15.3. The smallest absolute Gasteiger partial charge is 0.246 e. The van der Waals surface area contributed by atoms with Crippen LogP contribution in [0.4, 0.5) is 5.69 Å². The van der Waals surface area contributed by atoms with Crippen molar-refractivity contribution < 1.29 is 18.0 Å². The van der Waals surface area contributed by atoms with Crippen molar-refractivity contribution >= 4 is 27.5 Å². The fraction of sp³-hybridized carbons (Fsp3) is 0.471. The summed E-state index contributed by atoms with van der Waals surface area (Å²) in [5.41, 5.74) is 0.936. The summed E-state index contributed by atoms with van der Waals surface area (Å²) in [6.07, 6.45) is 2.20. The molecule has 2 fully saturated rings. The standard InChI is InChI=1S/C17H20N4O4S/c1-26(24,25)21-8-4-7-15(21)17(23)19-9-10-20(16(22)12-19)14-6-3-2-5-13(14)11-18/h2-3,5-6,15H,4,7-10,12H2,1H3. The molecule has 1 aromatic carbocycles. The number of carbonyl (C=O) groups excluding carboxylic acids is 2. The van der Waals surface area contributed by atoms with E-state index in [2.05, 4.69) is 6.07 Å². The second-order valence-corrected chi connectivity index (χ2v) is 8.40. The maximum atomic E-state index is 12.8. The first-order valence-corrected chi connectivity index (χ1v) is 10.2. The van der Waals surface area contributed by atoms with Gasteiger partial charge >= 0.3 is 0 Å². The van der Waals surface area contributed by atoms with Gasteiger partial charge < -0.3 is 9.80 Å². The van der Waals surface area contributed by atoms with Crippen LogP contribution in [-0.4, -0.2) is 67.9 Å². The van der Waals surface area contributed by atoms with Crippen molar-refractivity contribution in [2.45, 2.75) is 18.9 Å². The minimum Gasteiger partial charge on any atom is -0.330 e. The Hall–Kier alpha value is -2.44. The lowest BCUT2D eigenvalue weighted by atomic mass is 10.1. The van der Waals surface area contributed by atoms with E-state index in [1.807, 2.05) is 0 Å². The summed E-state index contributed by atoms with van der Waals surface area (Å²) >= 11 is 0. The van der Waals surface area contributed by atoms with Gasteiger partial charge in [-0.3, -0.25) is 9.59 Å². The molecule has 9 heteroatoms. The molecule has 8 nitrogen and oxygen atoms in total. The van der Waals surface area contributed by atoms with Gasteiger partial charge in [-0.2, -0.15) is 9.57 Å². The highest BCUT2D eigenvalue weighted by atomic mass is 32.2. The molecule has 0 aromatic heterocycles. The van der Waals surface area contributed by atoms with E-state index in [1.54, 1.807) is 24.3 Å². The number of nitriles is 1. The fourth-order valence-corrected chi connectivity index (χ4v) is 4.63. The number of benzene rings is 1. The predicted molar refractivity (Wildman–Crippen MR) is 94.7 cm³/mol. The number of anilines is 1. The molecule has 2 aliphatic heterocycles. The lowest BCUT2D eigenvalue weighted by Crippen LogP contribution is -2.56. The van der Waals surface area contributed by atoms with Crippen LogP contribution < -0.4 is 4.90 Å². The first-order valence-electron chi connectivity index (χ1n) is 8.38. The van der Waals surface area contributed by atoms with Crippen LogP contribution in [0.2, 0.25) is 0 Å². The van der Waals surface area contributed by atoms with Gasteiger partial charge in [0.15, 0.2) is 0 Å². The molecular weight excluding hydrogens is 356 g/mol. The monoisotopic (exact) mass is 376 g/mol. The highest BCUT2D eigenvalue weighted by Crippen LogP contribution is 2.25. The van der Waals surface area contributed by atoms with E-state index >= 15 is 0 Å². The Kier molecular flexibility index (Phi) is 4.98. The Bertz CT molecular complexity index is 877. The second kappa shape index (κ2) is 7.05. The van der Waals surface area contributed by atoms with Crippen molar-refractivity contribution in [1.29, 1.82) is 5.26 Å². The highest BCUT2D eigenvalue weighted by molar-refractivity contribution is 7.88. The number of sulfonamides is 1. The van der Waals surface area contributed by atoms with Crippen LogP contribution >= 0.6 is 0 Å². The first kappa shape index (κ1) is 18.4. The van der Waals surface area contributed by atoms with E-state index in [-0.39, 0.29) is 24.9 Å². The van der Waals surface area contributed by atoms with Gasteiger partial charge in [0.05, 0.1) is 17.5 Å². The molecule has 2 aliphatic rings. The molecule has 1 aromatic rings. The fourth-order valence-electron chi connectivity index (χ4n) is 3.51. The van der Waals surface area contributed by atoms with Gasteiger partial charge in [0.2, 0.25) is 21.8 Å². The van der Waals surface area contributed by atoms with E-state index in [0.717, 1.165) is 6.26 Å². The Morgan fingerprint density at radius 3 is 2.62 bits per heavy atom. The molecule has 26 heavy (non-hydrogen) atoms. The number of nitrogens with zero attached hydrogens (tertiary/aromatic N) is 4. The molecule has 2 heterocycles. The van der Waals surface area contributed by atoms with E-state index in [1.165, 1.54) is 14.1 Å². The summed E-state index contributed by atoms with van der Waals surface area (Å²) in [6, 6.07) is 8.17. The minimum absolute atomic E-state index is 0.118. The molecule has 3 rings (SSSR count). The largest absolute Gasteiger partial charge is 0.330 e. The summed E-state index contributed by atoms with van der Waals surface area (Å²) in [4.78, 5) is 28.3. The van der Waals surface area contributed by atoms with Gasteiger partial charge in [-0.15, -0.1) is 0 Å². The molecule has 2 saturated heterocycles. The molecule has 0 spiro atoms. The van der Waals surface area contributed by atoms with Crippen LogP contribution in [-0.2, 0) is 19.6 Å². The molecular formula is C17H20N4O4S.